The molecule has 1 unspecified atom stereocenters. The van der Waals surface area contributed by atoms with Crippen molar-refractivity contribution < 1.29 is 24.1 Å². The molecule has 0 bridgehead atoms. The van der Waals surface area contributed by atoms with Crippen LogP contribution in [0.15, 0.2) is 17.1 Å². The lowest BCUT2D eigenvalue weighted by atomic mass is 9.92. The minimum Gasteiger partial charge on any atom is -0.493 e. The smallest absolute Gasteiger partial charge is 0.384 e. The number of ether oxygens (including phenoxy) is 3. The Balaban J connectivity index is 1.97. The van der Waals surface area contributed by atoms with E-state index in [-0.39, 0.29) is 0 Å². The van der Waals surface area contributed by atoms with Crippen LogP contribution in [0, 0.1) is 11.8 Å². The Morgan fingerprint density at radius 3 is 2.69 bits per heavy atom. The summed E-state index contributed by atoms with van der Waals surface area (Å²) in [5, 5.41) is 10.3. The molecule has 0 saturated heterocycles. The number of carbonyl (C=O) groups excluding carboxylic acids is 1. The van der Waals surface area contributed by atoms with Gasteiger partial charge in [0.15, 0.2) is 11.5 Å². The van der Waals surface area contributed by atoms with Crippen molar-refractivity contribution in [2.24, 2.45) is 4.99 Å². The van der Waals surface area contributed by atoms with Gasteiger partial charge < -0.3 is 19.3 Å². The van der Waals surface area contributed by atoms with Gasteiger partial charge in [-0.1, -0.05) is 5.92 Å². The normalized spacial score (nSPS) is 13.6. The summed E-state index contributed by atoms with van der Waals surface area (Å²) in [5.41, 5.74) is 3.06. The Labute approximate surface area is 154 Å². The number of aliphatic imine (C=N–C) groups is 1. The van der Waals surface area contributed by atoms with E-state index in [4.69, 9.17) is 9.47 Å². The standard InChI is InChI=1S/C20H25NO5/c1-24-18-11-14-9-10-21-17(16(14)13-19(18)25-2)12-15(22)7-5-4-6-8-20(23)26-3/h11,13,15,22H,4-5,7,9-10,12H2,1-3H3. The Hall–Kier alpha value is -2.52. The first kappa shape index (κ1) is 19.8. The van der Waals surface area contributed by atoms with Gasteiger partial charge in [0.25, 0.3) is 0 Å². The third-order valence-corrected chi connectivity index (χ3v) is 4.25. The topological polar surface area (TPSA) is 77.4 Å². The zero-order valence-corrected chi connectivity index (χ0v) is 15.5. The van der Waals surface area contributed by atoms with Crippen molar-refractivity contribution in [3.05, 3.63) is 23.3 Å². The first-order valence-electron chi connectivity index (χ1n) is 8.62. The van der Waals surface area contributed by atoms with E-state index in [0.717, 1.165) is 23.3 Å². The predicted molar refractivity (Wildman–Crippen MR) is 98.9 cm³/mol. The number of unbranched alkanes of at least 4 members (excludes halogenated alkanes) is 1. The zero-order chi connectivity index (χ0) is 18.9. The molecule has 1 heterocycles. The molecule has 2 rings (SSSR count). The van der Waals surface area contributed by atoms with Crippen LogP contribution in [0.5, 0.6) is 11.5 Å². The highest BCUT2D eigenvalue weighted by atomic mass is 16.5. The molecule has 1 aromatic carbocycles. The average Bonchev–Trinajstić information content (AvgIpc) is 2.66. The average molecular weight is 359 g/mol. The number of nitrogens with zero attached hydrogens (tertiary/aromatic N) is 1. The van der Waals surface area contributed by atoms with Crippen LogP contribution in [-0.2, 0) is 16.0 Å². The number of hydrogen-bond donors (Lipinski definition) is 1. The van der Waals surface area contributed by atoms with Crippen LogP contribution >= 0.6 is 0 Å². The number of esters is 1. The van der Waals surface area contributed by atoms with Gasteiger partial charge in [-0.25, -0.2) is 4.79 Å². The molecule has 0 spiro atoms. The van der Waals surface area contributed by atoms with E-state index in [1.54, 1.807) is 14.2 Å². The molecule has 0 saturated carbocycles. The highest BCUT2D eigenvalue weighted by Gasteiger charge is 2.20. The van der Waals surface area contributed by atoms with Gasteiger partial charge in [0.1, 0.15) is 0 Å². The van der Waals surface area contributed by atoms with E-state index in [1.807, 2.05) is 12.1 Å². The second kappa shape index (κ2) is 9.83. The van der Waals surface area contributed by atoms with E-state index < -0.39 is 12.1 Å². The summed E-state index contributed by atoms with van der Waals surface area (Å²) in [6.45, 7) is 0.704. The highest BCUT2D eigenvalue weighted by molar-refractivity contribution is 6.03. The molecule has 1 aliphatic heterocycles. The molecule has 0 radical (unpaired) electrons. The largest absolute Gasteiger partial charge is 0.493 e. The Morgan fingerprint density at radius 2 is 2.00 bits per heavy atom. The number of benzene rings is 1. The van der Waals surface area contributed by atoms with Gasteiger partial charge in [-0.3, -0.25) is 4.99 Å². The quantitative estimate of drug-likeness (QED) is 0.349. The number of methoxy groups -OCH3 is 3. The summed E-state index contributed by atoms with van der Waals surface area (Å²) in [7, 11) is 4.52. The van der Waals surface area contributed by atoms with Crippen LogP contribution in [0.2, 0.25) is 0 Å². The first-order valence-corrected chi connectivity index (χ1v) is 8.62. The van der Waals surface area contributed by atoms with Gasteiger partial charge in [0, 0.05) is 36.6 Å². The van der Waals surface area contributed by atoms with Gasteiger partial charge >= 0.3 is 5.97 Å². The minimum atomic E-state index is -0.539. The molecule has 1 aliphatic rings. The monoisotopic (exact) mass is 359 g/mol. The van der Waals surface area contributed by atoms with E-state index in [2.05, 4.69) is 21.6 Å². The summed E-state index contributed by atoms with van der Waals surface area (Å²) in [5.74, 6) is 5.95. The molecule has 0 fully saturated rings. The summed E-state index contributed by atoms with van der Waals surface area (Å²) in [4.78, 5) is 15.5. The van der Waals surface area contributed by atoms with Crippen molar-refractivity contribution in [2.45, 2.75) is 38.2 Å². The van der Waals surface area contributed by atoms with Gasteiger partial charge in [0.2, 0.25) is 0 Å². The second-order valence-corrected chi connectivity index (χ2v) is 5.99. The third kappa shape index (κ3) is 5.24. The third-order valence-electron chi connectivity index (χ3n) is 4.25. The van der Waals surface area contributed by atoms with Gasteiger partial charge in [-0.2, -0.15) is 0 Å². The van der Waals surface area contributed by atoms with Crippen LogP contribution in [0.3, 0.4) is 0 Å². The fourth-order valence-electron chi connectivity index (χ4n) is 2.90. The summed E-state index contributed by atoms with van der Waals surface area (Å²) in [6, 6.07) is 3.92. The molecular formula is C20H25NO5. The molecule has 140 valence electrons. The molecule has 26 heavy (non-hydrogen) atoms. The van der Waals surface area contributed by atoms with Gasteiger partial charge in [-0.05, 0) is 37.0 Å². The van der Waals surface area contributed by atoms with E-state index in [1.165, 1.54) is 7.11 Å². The molecular weight excluding hydrogens is 334 g/mol. The van der Waals surface area contributed by atoms with Crippen molar-refractivity contribution >= 4 is 11.7 Å². The molecule has 1 aromatic rings. The minimum absolute atomic E-state index is 0.479. The number of aliphatic hydroxyl groups is 1. The van der Waals surface area contributed by atoms with Crippen molar-refractivity contribution in [2.75, 3.05) is 27.9 Å². The first-order chi connectivity index (χ1) is 12.6. The van der Waals surface area contributed by atoms with E-state index in [0.29, 0.717) is 43.7 Å². The molecule has 6 heteroatoms. The van der Waals surface area contributed by atoms with Crippen LogP contribution < -0.4 is 9.47 Å². The number of fused-ring (bicyclic) bond motifs is 1. The fourth-order valence-corrected chi connectivity index (χ4v) is 2.90. The molecule has 6 nitrogen and oxygen atoms in total. The lowest BCUT2D eigenvalue weighted by Gasteiger charge is -2.21. The van der Waals surface area contributed by atoms with Crippen molar-refractivity contribution in [3.8, 4) is 23.3 Å². The van der Waals surface area contributed by atoms with Crippen LogP contribution in [-0.4, -0.2) is 50.8 Å². The van der Waals surface area contributed by atoms with Crippen LogP contribution in [0.25, 0.3) is 0 Å². The van der Waals surface area contributed by atoms with Crippen LogP contribution in [0.4, 0.5) is 0 Å². The Morgan fingerprint density at radius 1 is 1.27 bits per heavy atom. The SMILES string of the molecule is COC(=O)C#CCCCC(O)CC1=NCCc2cc(OC)c(OC)cc21. The van der Waals surface area contributed by atoms with Crippen molar-refractivity contribution in [3.63, 3.8) is 0 Å². The number of hydrogen-bond acceptors (Lipinski definition) is 6. The molecule has 1 N–H and O–H groups in total. The summed E-state index contributed by atoms with van der Waals surface area (Å²) in [6.07, 6.45) is 2.66. The maximum absolute atomic E-state index is 10.9. The number of rotatable bonds is 7. The van der Waals surface area contributed by atoms with E-state index >= 15 is 0 Å². The highest BCUT2D eigenvalue weighted by Crippen LogP contribution is 2.33. The second-order valence-electron chi connectivity index (χ2n) is 5.99. The lowest BCUT2D eigenvalue weighted by molar-refractivity contribution is -0.133. The van der Waals surface area contributed by atoms with Crippen molar-refractivity contribution in [1.82, 2.24) is 0 Å². The maximum atomic E-state index is 10.9. The van der Waals surface area contributed by atoms with Gasteiger partial charge in [-0.15, -0.1) is 0 Å². The lowest BCUT2D eigenvalue weighted by Crippen LogP contribution is -2.20. The molecule has 0 aromatic heterocycles. The predicted octanol–water partition coefficient (Wildman–Crippen LogP) is 2.15. The van der Waals surface area contributed by atoms with Crippen LogP contribution in [0.1, 0.15) is 36.8 Å². The number of carbonyl (C=O) groups is 1. The van der Waals surface area contributed by atoms with E-state index in [9.17, 15) is 9.90 Å². The van der Waals surface area contributed by atoms with Gasteiger partial charge in [0.05, 0.1) is 27.4 Å². The Kier molecular flexibility index (Phi) is 7.49. The number of aliphatic hydroxyl groups excluding tert-OH is 1. The summed E-state index contributed by atoms with van der Waals surface area (Å²) < 4.78 is 15.2. The Bertz CT molecular complexity index is 730. The zero-order valence-electron chi connectivity index (χ0n) is 15.5. The summed E-state index contributed by atoms with van der Waals surface area (Å²) >= 11 is 0. The molecule has 0 amide bonds. The molecule has 0 aliphatic carbocycles. The maximum Gasteiger partial charge on any atom is 0.384 e. The molecule has 1 atom stereocenters. The fraction of sp³-hybridized carbons (Fsp3) is 0.500. The van der Waals surface area contributed by atoms with Crippen molar-refractivity contribution in [1.29, 1.82) is 0 Å².